The van der Waals surface area contributed by atoms with Crippen LogP contribution in [-0.2, 0) is 0 Å². The molecule has 0 aromatic heterocycles. The van der Waals surface area contributed by atoms with Crippen LogP contribution in [0.2, 0.25) is 0 Å². The average Bonchev–Trinajstić information content (AvgIpc) is 3.98. The summed E-state index contributed by atoms with van der Waals surface area (Å²) in [5.74, 6) is 0. The Kier molecular flexibility index (Phi) is 7.59. The summed E-state index contributed by atoms with van der Waals surface area (Å²) in [6.45, 7) is 8.99. The predicted octanol–water partition coefficient (Wildman–Crippen LogP) is 19.3. The van der Waals surface area contributed by atoms with Crippen LogP contribution in [-0.4, -0.2) is 0 Å². The van der Waals surface area contributed by atoms with Crippen LogP contribution in [0.5, 0.6) is 0 Å². The molecule has 316 valence electrons. The van der Waals surface area contributed by atoms with Gasteiger partial charge in [-0.05, 0) is 204 Å². The Morgan fingerprint density at radius 2 is 0.662 bits per heavy atom. The van der Waals surface area contributed by atoms with E-state index in [-0.39, 0.29) is 0 Å². The van der Waals surface area contributed by atoms with Crippen molar-refractivity contribution in [1.29, 1.82) is 0 Å². The number of hydrogen-bond acceptors (Lipinski definition) is 0. The van der Waals surface area contributed by atoms with Crippen molar-refractivity contribution in [2.24, 2.45) is 0 Å². The van der Waals surface area contributed by atoms with E-state index in [4.69, 9.17) is 0 Å². The van der Waals surface area contributed by atoms with Gasteiger partial charge in [0.15, 0.2) is 0 Å². The van der Waals surface area contributed by atoms with Gasteiger partial charge < -0.3 is 0 Å². The van der Waals surface area contributed by atoms with E-state index < -0.39 is 0 Å². The quantitative estimate of drug-likeness (QED) is 0.165. The molecule has 0 saturated heterocycles. The van der Waals surface area contributed by atoms with Crippen LogP contribution < -0.4 is 0 Å². The summed E-state index contributed by atoms with van der Waals surface area (Å²) < 4.78 is 0. The third-order valence-electron chi connectivity index (χ3n) is 15.8. The zero-order valence-electron chi connectivity index (χ0n) is 38.5. The van der Waals surface area contributed by atoms with Crippen molar-refractivity contribution in [3.8, 4) is 66.8 Å². The Bertz CT molecular complexity index is 4240. The van der Waals surface area contributed by atoms with Crippen LogP contribution in [0.3, 0.4) is 0 Å². The summed E-state index contributed by atoms with van der Waals surface area (Å²) >= 11 is 0. The Balaban J connectivity index is 1.14. The molecule has 0 unspecified atom stereocenters. The van der Waals surface area contributed by atoms with E-state index in [9.17, 15) is 0 Å². The topological polar surface area (TPSA) is 0 Å². The normalized spacial score (nSPS) is 12.4. The second-order valence-electron chi connectivity index (χ2n) is 19.6. The molecule has 0 aliphatic heterocycles. The first-order chi connectivity index (χ1) is 33.4. The Morgan fingerprint density at radius 3 is 1.13 bits per heavy atom. The molecule has 15 rings (SSSR count). The van der Waals surface area contributed by atoms with Crippen LogP contribution in [0.4, 0.5) is 0 Å². The van der Waals surface area contributed by atoms with Gasteiger partial charge in [0.1, 0.15) is 0 Å². The van der Waals surface area contributed by atoms with Gasteiger partial charge >= 0.3 is 0 Å². The van der Waals surface area contributed by atoms with E-state index in [2.05, 4.69) is 222 Å². The summed E-state index contributed by atoms with van der Waals surface area (Å²) in [4.78, 5) is 0. The smallest absolute Gasteiger partial charge is 0.000730 e. The van der Waals surface area contributed by atoms with E-state index >= 15 is 0 Å². The van der Waals surface area contributed by atoms with Crippen LogP contribution in [0.25, 0.3) is 153 Å². The molecule has 0 bridgehead atoms. The van der Waals surface area contributed by atoms with Gasteiger partial charge in [-0.15, -0.1) is 0 Å². The summed E-state index contributed by atoms with van der Waals surface area (Å²) in [5, 5.41) is 21.2. The lowest BCUT2D eigenvalue weighted by Gasteiger charge is -2.22. The second-order valence-corrected chi connectivity index (χ2v) is 19.6. The highest BCUT2D eigenvalue weighted by atomic mass is 14.4. The van der Waals surface area contributed by atoms with E-state index in [0.29, 0.717) is 0 Å². The molecule has 0 nitrogen and oxygen atoms in total. The van der Waals surface area contributed by atoms with Gasteiger partial charge in [0.25, 0.3) is 0 Å². The van der Waals surface area contributed by atoms with Crippen LogP contribution >= 0.6 is 0 Å². The molecule has 0 heteroatoms. The van der Waals surface area contributed by atoms with E-state index in [1.165, 1.54) is 175 Å². The van der Waals surface area contributed by atoms with Gasteiger partial charge in [0, 0.05) is 0 Å². The summed E-state index contributed by atoms with van der Waals surface area (Å²) in [6, 6.07) is 74.3. The van der Waals surface area contributed by atoms with Gasteiger partial charge in [-0.1, -0.05) is 193 Å². The maximum Gasteiger partial charge on any atom is -0.000730 e. The van der Waals surface area contributed by atoms with Gasteiger partial charge in [-0.25, -0.2) is 0 Å². The standard InChI is InChI=1S/C68H44/c1-37-15-11-21-42(33-37)59-56-35-54-48-29-31-52-64-53(68-62(45-24-8-6-18-40(45)4)47-26-10-9-25-46(47)61(67(52)68)44-23-7-5-17-39(44)3)32-30-49(63(48)64)55(54)36-57(56)60(43-22-12-16-38(2)34-43)66-51-28-14-20-41-19-13-27-50(58(41)51)65(59)66/h5-36H,1-4H3. The fourth-order valence-electron chi connectivity index (χ4n) is 13.1. The number of hydrogen-bond donors (Lipinski definition) is 0. The number of benzene rings is 12. The third-order valence-corrected chi connectivity index (χ3v) is 15.8. The average molecular weight is 861 g/mol. The van der Waals surface area contributed by atoms with E-state index in [1.807, 2.05) is 0 Å². The van der Waals surface area contributed by atoms with Gasteiger partial charge in [0.2, 0.25) is 0 Å². The lowest BCUT2D eigenvalue weighted by atomic mass is 9.81. The molecule has 0 amide bonds. The number of aryl methyl sites for hydroxylation is 4. The molecule has 1 aliphatic carbocycles. The van der Waals surface area contributed by atoms with Crippen molar-refractivity contribution >= 4 is 86.2 Å². The van der Waals surface area contributed by atoms with E-state index in [0.717, 1.165) is 0 Å². The molecule has 68 heavy (non-hydrogen) atoms. The number of rotatable bonds is 4. The van der Waals surface area contributed by atoms with Crippen LogP contribution in [0.1, 0.15) is 22.3 Å². The fourth-order valence-corrected chi connectivity index (χ4v) is 13.1. The minimum absolute atomic E-state index is 1.26. The van der Waals surface area contributed by atoms with Crippen molar-refractivity contribution in [2.45, 2.75) is 27.7 Å². The number of fused-ring (bicyclic) bond motifs is 11. The Hall–Kier alpha value is -8.32. The first kappa shape index (κ1) is 37.9. The third kappa shape index (κ3) is 4.89. The highest BCUT2D eigenvalue weighted by molar-refractivity contribution is 6.43. The first-order valence-electron chi connectivity index (χ1n) is 24.1. The maximum atomic E-state index is 2.58. The highest BCUT2D eigenvalue weighted by Crippen LogP contribution is 2.61. The molecular formula is C68H44. The second kappa shape index (κ2) is 13.6. The molecule has 0 N–H and O–H groups in total. The molecular weight excluding hydrogens is 817 g/mol. The molecule has 0 heterocycles. The molecule has 0 spiro atoms. The Labute approximate surface area is 395 Å². The molecule has 0 fully saturated rings. The molecule has 0 atom stereocenters. The Morgan fingerprint density at radius 1 is 0.221 bits per heavy atom. The highest BCUT2D eigenvalue weighted by Gasteiger charge is 2.33. The van der Waals surface area contributed by atoms with Gasteiger partial charge in [-0.2, -0.15) is 0 Å². The molecule has 14 aromatic carbocycles. The molecule has 1 aliphatic rings. The van der Waals surface area contributed by atoms with Crippen molar-refractivity contribution in [3.63, 3.8) is 0 Å². The molecule has 0 saturated carbocycles. The largest absolute Gasteiger partial charge is 0.0620 e. The predicted molar refractivity (Wildman–Crippen MR) is 294 cm³/mol. The maximum absolute atomic E-state index is 2.58. The first-order valence-corrected chi connectivity index (χ1v) is 24.1. The van der Waals surface area contributed by atoms with Crippen LogP contribution in [0, 0.1) is 27.7 Å². The van der Waals surface area contributed by atoms with Gasteiger partial charge in [-0.3, -0.25) is 0 Å². The fraction of sp³-hybridized carbons (Fsp3) is 0.0588. The summed E-state index contributed by atoms with van der Waals surface area (Å²) in [5.41, 5.74) is 20.9. The van der Waals surface area contributed by atoms with E-state index in [1.54, 1.807) is 0 Å². The zero-order chi connectivity index (χ0) is 45.1. The molecule has 14 aromatic rings. The zero-order valence-corrected chi connectivity index (χ0v) is 38.5. The minimum atomic E-state index is 1.26. The lowest BCUT2D eigenvalue weighted by molar-refractivity contribution is 1.46. The van der Waals surface area contributed by atoms with Crippen LogP contribution in [0.15, 0.2) is 194 Å². The van der Waals surface area contributed by atoms with Crippen molar-refractivity contribution in [1.82, 2.24) is 0 Å². The summed E-state index contributed by atoms with van der Waals surface area (Å²) in [7, 11) is 0. The monoisotopic (exact) mass is 860 g/mol. The van der Waals surface area contributed by atoms with Crippen molar-refractivity contribution in [2.75, 3.05) is 0 Å². The lowest BCUT2D eigenvalue weighted by Crippen LogP contribution is -1.95. The van der Waals surface area contributed by atoms with Crippen molar-refractivity contribution < 1.29 is 0 Å². The van der Waals surface area contributed by atoms with Gasteiger partial charge in [0.05, 0.1) is 0 Å². The summed E-state index contributed by atoms with van der Waals surface area (Å²) in [6.07, 6.45) is 0. The SMILES string of the molecule is Cc1cccc(-c2c3cc4c(cc3c(-c3cccc(C)c3)c3c5cccc6cccc(c23)c65)c2ccc3c5c(ccc4c52)-c2c-3c(-c3ccccc3C)c3ccccc3c2-c2ccccc2C)c1. The van der Waals surface area contributed by atoms with Crippen molar-refractivity contribution in [3.05, 3.63) is 216 Å². The molecule has 0 radical (unpaired) electrons. The minimum Gasteiger partial charge on any atom is -0.0620 e.